The van der Waals surface area contributed by atoms with Gasteiger partial charge in [-0.15, -0.1) is 0 Å². The van der Waals surface area contributed by atoms with Crippen LogP contribution in [0.25, 0.3) is 6.08 Å². The maximum absolute atomic E-state index is 12.3. The smallest absolute Gasteiger partial charge is 0.273 e. The standard InChI is InChI=1S/C21H30N4O/c1-12(2)18-17(11-16-20(15-7-8-15)23-24-21(16)26)22-13(3)19(18)14(4)25-9-5-6-10-25/h11-12,14-15,22H,5-10H2,1-4H3,(H,24,26)/b16-11-. The number of nitrogens with zero attached hydrogens (tertiary/aromatic N) is 2. The average Bonchev–Trinajstić information content (AvgIpc) is 3.03. The van der Waals surface area contributed by atoms with Gasteiger partial charge in [0.15, 0.2) is 0 Å². The van der Waals surface area contributed by atoms with Gasteiger partial charge in [0.25, 0.3) is 5.91 Å². The lowest BCUT2D eigenvalue weighted by Crippen LogP contribution is -2.24. The number of nitrogens with one attached hydrogen (secondary N) is 2. The van der Waals surface area contributed by atoms with Crippen LogP contribution in [0.2, 0.25) is 0 Å². The molecule has 26 heavy (non-hydrogen) atoms. The molecule has 2 N–H and O–H groups in total. The van der Waals surface area contributed by atoms with Crippen LogP contribution in [0.15, 0.2) is 10.7 Å². The number of rotatable bonds is 5. The Morgan fingerprint density at radius 1 is 1.15 bits per heavy atom. The summed E-state index contributed by atoms with van der Waals surface area (Å²) >= 11 is 0. The predicted octanol–water partition coefficient (Wildman–Crippen LogP) is 3.88. The Balaban J connectivity index is 1.75. The number of likely N-dealkylation sites (tertiary alicyclic amines) is 1. The Labute approximate surface area is 155 Å². The van der Waals surface area contributed by atoms with Crippen LogP contribution < -0.4 is 5.43 Å². The van der Waals surface area contributed by atoms with Crippen molar-refractivity contribution in [3.8, 4) is 0 Å². The molecule has 4 rings (SSSR count). The first-order valence-electron chi connectivity index (χ1n) is 10.0. The molecule has 5 nitrogen and oxygen atoms in total. The van der Waals surface area contributed by atoms with E-state index in [2.05, 4.69) is 48.1 Å². The number of hydrogen-bond acceptors (Lipinski definition) is 3. The molecular formula is C21H30N4O. The van der Waals surface area contributed by atoms with Crippen molar-refractivity contribution in [3.05, 3.63) is 28.1 Å². The highest BCUT2D eigenvalue weighted by atomic mass is 16.2. The van der Waals surface area contributed by atoms with Crippen molar-refractivity contribution in [2.45, 2.75) is 65.3 Å². The molecule has 0 bridgehead atoms. The average molecular weight is 354 g/mol. The van der Waals surface area contributed by atoms with E-state index in [1.54, 1.807) is 0 Å². The molecule has 1 unspecified atom stereocenters. The number of carbonyl (C=O) groups is 1. The first-order chi connectivity index (χ1) is 12.5. The quantitative estimate of drug-likeness (QED) is 0.788. The van der Waals surface area contributed by atoms with Gasteiger partial charge in [0, 0.05) is 23.3 Å². The Kier molecular flexibility index (Phi) is 4.51. The second-order valence-corrected chi connectivity index (χ2v) is 8.34. The Bertz CT molecular complexity index is 776. The van der Waals surface area contributed by atoms with Crippen LogP contribution in [-0.4, -0.2) is 34.6 Å². The van der Waals surface area contributed by atoms with E-state index in [1.807, 2.05) is 6.08 Å². The zero-order valence-electron chi connectivity index (χ0n) is 16.4. The van der Waals surface area contributed by atoms with Crippen LogP contribution in [0, 0.1) is 12.8 Å². The van der Waals surface area contributed by atoms with E-state index in [-0.39, 0.29) is 5.91 Å². The van der Waals surface area contributed by atoms with Crippen LogP contribution in [0.1, 0.15) is 80.9 Å². The Hall–Kier alpha value is -1.88. The predicted molar refractivity (Wildman–Crippen MR) is 105 cm³/mol. The van der Waals surface area contributed by atoms with Gasteiger partial charge in [-0.1, -0.05) is 13.8 Å². The van der Waals surface area contributed by atoms with E-state index in [0.717, 1.165) is 29.8 Å². The first kappa shape index (κ1) is 17.5. The third-order valence-corrected chi connectivity index (χ3v) is 6.04. The van der Waals surface area contributed by atoms with Crippen molar-refractivity contribution in [3.63, 3.8) is 0 Å². The van der Waals surface area contributed by atoms with Gasteiger partial charge in [0.05, 0.1) is 11.3 Å². The summed E-state index contributed by atoms with van der Waals surface area (Å²) in [4.78, 5) is 18.5. The second-order valence-electron chi connectivity index (χ2n) is 8.34. The largest absolute Gasteiger partial charge is 0.359 e. The monoisotopic (exact) mass is 354 g/mol. The number of hydrogen-bond donors (Lipinski definition) is 2. The maximum atomic E-state index is 12.3. The summed E-state index contributed by atoms with van der Waals surface area (Å²) < 4.78 is 0. The third-order valence-electron chi connectivity index (χ3n) is 6.04. The molecule has 0 radical (unpaired) electrons. The highest BCUT2D eigenvalue weighted by Crippen LogP contribution is 2.38. The van der Waals surface area contributed by atoms with E-state index in [1.165, 1.54) is 42.8 Å². The minimum atomic E-state index is -0.0667. The van der Waals surface area contributed by atoms with Crippen molar-refractivity contribution < 1.29 is 4.79 Å². The molecule has 0 aromatic carbocycles. The molecule has 5 heteroatoms. The lowest BCUT2D eigenvalue weighted by atomic mass is 9.92. The van der Waals surface area contributed by atoms with Crippen LogP contribution in [0.4, 0.5) is 0 Å². The fourth-order valence-electron chi connectivity index (χ4n) is 4.57. The number of aromatic nitrogens is 1. The lowest BCUT2D eigenvalue weighted by molar-refractivity contribution is -0.116. The van der Waals surface area contributed by atoms with E-state index in [4.69, 9.17) is 0 Å². The summed E-state index contributed by atoms with van der Waals surface area (Å²) in [6, 6.07) is 0.410. The van der Waals surface area contributed by atoms with Gasteiger partial charge >= 0.3 is 0 Å². The lowest BCUT2D eigenvalue weighted by Gasteiger charge is -2.26. The number of aromatic amines is 1. The van der Waals surface area contributed by atoms with Gasteiger partial charge in [-0.05, 0) is 75.7 Å². The molecule has 1 amide bonds. The molecule has 3 heterocycles. The normalized spacial score (nSPS) is 23.8. The first-order valence-corrected chi connectivity index (χ1v) is 10.0. The van der Waals surface area contributed by atoms with Crippen molar-refractivity contribution in [1.29, 1.82) is 0 Å². The third kappa shape index (κ3) is 3.02. The number of amides is 1. The Morgan fingerprint density at radius 3 is 2.46 bits per heavy atom. The fourth-order valence-corrected chi connectivity index (χ4v) is 4.57. The molecule has 3 aliphatic rings. The number of H-pyrrole nitrogens is 1. The van der Waals surface area contributed by atoms with E-state index in [9.17, 15) is 4.79 Å². The highest BCUT2D eigenvalue weighted by Gasteiger charge is 2.36. The minimum absolute atomic E-state index is 0.0667. The van der Waals surface area contributed by atoms with Gasteiger partial charge in [0.1, 0.15) is 0 Å². The zero-order chi connectivity index (χ0) is 18.4. The molecule has 1 aromatic rings. The molecule has 2 aliphatic heterocycles. The van der Waals surface area contributed by atoms with Crippen molar-refractivity contribution in [2.75, 3.05) is 13.1 Å². The van der Waals surface area contributed by atoms with Crippen LogP contribution >= 0.6 is 0 Å². The SMILES string of the molecule is Cc1[nH]c(/C=C2\C(=O)NN=C2C2CC2)c(C(C)C)c1C(C)N1CCCC1. The second kappa shape index (κ2) is 6.69. The van der Waals surface area contributed by atoms with Crippen molar-refractivity contribution >= 4 is 17.7 Å². The zero-order valence-corrected chi connectivity index (χ0v) is 16.4. The summed E-state index contributed by atoms with van der Waals surface area (Å²) in [5.74, 6) is 0.794. The maximum Gasteiger partial charge on any atom is 0.273 e. The molecule has 140 valence electrons. The van der Waals surface area contributed by atoms with Gasteiger partial charge in [-0.25, -0.2) is 5.43 Å². The molecule has 1 saturated carbocycles. The molecule has 1 atom stereocenters. The topological polar surface area (TPSA) is 60.5 Å². The van der Waals surface area contributed by atoms with E-state index >= 15 is 0 Å². The summed E-state index contributed by atoms with van der Waals surface area (Å²) in [6.45, 7) is 11.3. The van der Waals surface area contributed by atoms with Gasteiger partial charge in [-0.2, -0.15) is 5.10 Å². The van der Waals surface area contributed by atoms with Crippen LogP contribution in [-0.2, 0) is 4.79 Å². The molecule has 1 aromatic heterocycles. The minimum Gasteiger partial charge on any atom is -0.359 e. The Morgan fingerprint density at radius 2 is 1.85 bits per heavy atom. The number of hydrazone groups is 1. The molecular weight excluding hydrogens is 324 g/mol. The van der Waals surface area contributed by atoms with E-state index in [0.29, 0.717) is 17.9 Å². The van der Waals surface area contributed by atoms with Gasteiger partial charge < -0.3 is 4.98 Å². The molecule has 1 aliphatic carbocycles. The highest BCUT2D eigenvalue weighted by molar-refractivity contribution is 6.28. The van der Waals surface area contributed by atoms with Gasteiger partial charge in [0.2, 0.25) is 0 Å². The number of carbonyl (C=O) groups excluding carboxylic acids is 1. The fraction of sp³-hybridized carbons (Fsp3) is 0.619. The summed E-state index contributed by atoms with van der Waals surface area (Å²) in [7, 11) is 0. The number of aryl methyl sites for hydroxylation is 1. The molecule has 0 spiro atoms. The van der Waals surface area contributed by atoms with E-state index < -0.39 is 0 Å². The molecule has 1 saturated heterocycles. The summed E-state index contributed by atoms with van der Waals surface area (Å²) in [6.07, 6.45) is 6.92. The van der Waals surface area contributed by atoms with Crippen LogP contribution in [0.3, 0.4) is 0 Å². The van der Waals surface area contributed by atoms with Gasteiger partial charge in [-0.3, -0.25) is 9.69 Å². The van der Waals surface area contributed by atoms with Crippen molar-refractivity contribution in [2.24, 2.45) is 11.0 Å². The summed E-state index contributed by atoms with van der Waals surface area (Å²) in [5.41, 5.74) is 9.43. The van der Waals surface area contributed by atoms with Crippen LogP contribution in [0.5, 0.6) is 0 Å². The summed E-state index contributed by atoms with van der Waals surface area (Å²) in [5, 5.41) is 4.28. The van der Waals surface area contributed by atoms with Crippen molar-refractivity contribution in [1.82, 2.24) is 15.3 Å². The molecule has 2 fully saturated rings.